The van der Waals surface area contributed by atoms with Crippen molar-refractivity contribution < 1.29 is 9.53 Å². The molecule has 0 fully saturated rings. The minimum atomic E-state index is 0.0164. The van der Waals surface area contributed by atoms with Gasteiger partial charge < -0.3 is 4.74 Å². The molecule has 4 aromatic rings. The van der Waals surface area contributed by atoms with Crippen molar-refractivity contribution in [3.8, 4) is 11.5 Å². The fourth-order valence-corrected chi connectivity index (χ4v) is 3.09. The summed E-state index contributed by atoms with van der Waals surface area (Å²) >= 11 is 0. The van der Waals surface area contributed by atoms with Gasteiger partial charge in [-0.3, -0.25) is 4.79 Å². The summed E-state index contributed by atoms with van der Waals surface area (Å²) in [6.45, 7) is 4.09. The number of carbonyl (C=O) groups excluding carboxylic acids is 1. The van der Waals surface area contributed by atoms with E-state index in [1.165, 1.54) is 10.9 Å². The largest absolute Gasteiger partial charge is 0.457 e. The van der Waals surface area contributed by atoms with Gasteiger partial charge in [0.2, 0.25) is 0 Å². The highest BCUT2D eigenvalue weighted by Gasteiger charge is 2.09. The minimum absolute atomic E-state index is 0.0164. The van der Waals surface area contributed by atoms with Gasteiger partial charge in [0.15, 0.2) is 5.78 Å². The van der Waals surface area contributed by atoms with Crippen molar-refractivity contribution in [3.63, 3.8) is 0 Å². The topological polar surface area (TPSA) is 26.3 Å². The summed E-state index contributed by atoms with van der Waals surface area (Å²) in [6.07, 6.45) is 0. The van der Waals surface area contributed by atoms with Crippen LogP contribution in [0.25, 0.3) is 10.8 Å². The van der Waals surface area contributed by atoms with Gasteiger partial charge in [0, 0.05) is 11.1 Å². The lowest BCUT2D eigenvalue weighted by Gasteiger charge is -2.08. The second-order valence-electron chi connectivity index (χ2n) is 6.83. The molecule has 0 unspecified atom stereocenters. The van der Waals surface area contributed by atoms with Gasteiger partial charge in [0.25, 0.3) is 0 Å². The van der Waals surface area contributed by atoms with Crippen LogP contribution in [-0.4, -0.2) is 5.78 Å². The SMILES string of the molecule is Cc1ccc(C(=O)c2ccc(Oc3ccc4ccc(C)cc4c3)cc2)cc1. The predicted molar refractivity (Wildman–Crippen MR) is 110 cm³/mol. The molecule has 0 aliphatic rings. The number of hydrogen-bond donors (Lipinski definition) is 0. The maximum atomic E-state index is 12.6. The van der Waals surface area contributed by atoms with Gasteiger partial charge in [-0.05, 0) is 61.0 Å². The lowest BCUT2D eigenvalue weighted by molar-refractivity contribution is 0.103. The van der Waals surface area contributed by atoms with Crippen molar-refractivity contribution in [3.05, 3.63) is 107 Å². The van der Waals surface area contributed by atoms with E-state index < -0.39 is 0 Å². The van der Waals surface area contributed by atoms with E-state index in [4.69, 9.17) is 4.74 Å². The molecule has 0 radical (unpaired) electrons. The Morgan fingerprint density at radius 2 is 1.15 bits per heavy atom. The molecule has 0 amide bonds. The van der Waals surface area contributed by atoms with E-state index in [0.717, 1.165) is 16.7 Å². The summed E-state index contributed by atoms with van der Waals surface area (Å²) in [7, 11) is 0. The first kappa shape index (κ1) is 17.0. The Hall–Kier alpha value is -3.39. The Morgan fingerprint density at radius 1 is 0.593 bits per heavy atom. The molecule has 0 atom stereocenters. The highest BCUT2D eigenvalue weighted by Crippen LogP contribution is 2.27. The first-order valence-electron chi connectivity index (χ1n) is 8.98. The van der Waals surface area contributed by atoms with E-state index in [1.54, 1.807) is 0 Å². The number of hydrogen-bond acceptors (Lipinski definition) is 2. The third-order valence-corrected chi connectivity index (χ3v) is 4.63. The van der Waals surface area contributed by atoms with Gasteiger partial charge in [-0.15, -0.1) is 0 Å². The van der Waals surface area contributed by atoms with Gasteiger partial charge in [-0.25, -0.2) is 0 Å². The summed E-state index contributed by atoms with van der Waals surface area (Å²) in [4.78, 5) is 12.6. The summed E-state index contributed by atoms with van der Waals surface area (Å²) < 4.78 is 5.97. The lowest BCUT2D eigenvalue weighted by Crippen LogP contribution is -2.00. The summed E-state index contributed by atoms with van der Waals surface area (Å²) in [5.74, 6) is 1.51. The predicted octanol–water partition coefficient (Wildman–Crippen LogP) is 6.48. The first-order valence-corrected chi connectivity index (χ1v) is 8.98. The van der Waals surface area contributed by atoms with Crippen LogP contribution in [0.3, 0.4) is 0 Å². The molecule has 4 rings (SSSR count). The molecule has 0 saturated heterocycles. The summed E-state index contributed by atoms with van der Waals surface area (Å²) in [6, 6.07) is 27.3. The van der Waals surface area contributed by atoms with Gasteiger partial charge in [-0.2, -0.15) is 0 Å². The van der Waals surface area contributed by atoms with Crippen LogP contribution in [0.2, 0.25) is 0 Å². The van der Waals surface area contributed by atoms with Crippen molar-refractivity contribution in [2.75, 3.05) is 0 Å². The molecule has 2 heteroatoms. The average molecular weight is 352 g/mol. The fourth-order valence-electron chi connectivity index (χ4n) is 3.09. The van der Waals surface area contributed by atoms with Crippen molar-refractivity contribution >= 4 is 16.6 Å². The van der Waals surface area contributed by atoms with E-state index in [2.05, 4.69) is 31.2 Å². The van der Waals surface area contributed by atoms with Crippen LogP contribution in [0, 0.1) is 13.8 Å². The van der Waals surface area contributed by atoms with E-state index in [0.29, 0.717) is 16.9 Å². The molecule has 0 aliphatic carbocycles. The number of aryl methyl sites for hydroxylation is 2. The van der Waals surface area contributed by atoms with Crippen LogP contribution in [0.1, 0.15) is 27.0 Å². The highest BCUT2D eigenvalue weighted by atomic mass is 16.5. The van der Waals surface area contributed by atoms with Crippen LogP contribution in [-0.2, 0) is 0 Å². The number of ketones is 1. The standard InChI is InChI=1S/C25H20O2/c1-17-3-7-20(8-4-17)25(26)21-10-12-23(13-11-21)27-24-14-9-19-6-5-18(2)15-22(19)16-24/h3-16H,1-2H3. The van der Waals surface area contributed by atoms with Crippen molar-refractivity contribution in [1.29, 1.82) is 0 Å². The van der Waals surface area contributed by atoms with Crippen LogP contribution in [0.5, 0.6) is 11.5 Å². The quantitative estimate of drug-likeness (QED) is 0.393. The maximum Gasteiger partial charge on any atom is 0.193 e. The van der Waals surface area contributed by atoms with Crippen LogP contribution in [0.4, 0.5) is 0 Å². The lowest BCUT2D eigenvalue weighted by atomic mass is 10.0. The van der Waals surface area contributed by atoms with E-state index in [1.807, 2.05) is 67.6 Å². The molecule has 0 spiro atoms. The Kier molecular flexibility index (Phi) is 4.47. The smallest absolute Gasteiger partial charge is 0.193 e. The second-order valence-corrected chi connectivity index (χ2v) is 6.83. The third-order valence-electron chi connectivity index (χ3n) is 4.63. The monoisotopic (exact) mass is 352 g/mol. The van der Waals surface area contributed by atoms with Crippen molar-refractivity contribution in [2.24, 2.45) is 0 Å². The summed E-state index contributed by atoms with van der Waals surface area (Å²) in [5.41, 5.74) is 3.71. The number of benzene rings is 4. The normalized spacial score (nSPS) is 10.7. The van der Waals surface area contributed by atoms with E-state index in [9.17, 15) is 4.79 Å². The fraction of sp³-hybridized carbons (Fsp3) is 0.0800. The Balaban J connectivity index is 1.54. The molecular formula is C25H20O2. The van der Waals surface area contributed by atoms with Gasteiger partial charge in [0.1, 0.15) is 11.5 Å². The van der Waals surface area contributed by atoms with Crippen LogP contribution in [0.15, 0.2) is 84.9 Å². The van der Waals surface area contributed by atoms with Gasteiger partial charge >= 0.3 is 0 Å². The molecule has 0 aliphatic heterocycles. The van der Waals surface area contributed by atoms with Crippen molar-refractivity contribution in [2.45, 2.75) is 13.8 Å². The second kappa shape index (κ2) is 7.08. The maximum absolute atomic E-state index is 12.6. The molecule has 0 aromatic heterocycles. The average Bonchev–Trinajstić information content (AvgIpc) is 2.68. The van der Waals surface area contributed by atoms with Crippen molar-refractivity contribution in [1.82, 2.24) is 0 Å². The Morgan fingerprint density at radius 3 is 1.85 bits per heavy atom. The molecule has 0 N–H and O–H groups in total. The first-order chi connectivity index (χ1) is 13.1. The van der Waals surface area contributed by atoms with E-state index in [-0.39, 0.29) is 5.78 Å². The molecule has 0 saturated carbocycles. The van der Waals surface area contributed by atoms with Gasteiger partial charge in [0.05, 0.1) is 0 Å². The minimum Gasteiger partial charge on any atom is -0.457 e. The molecule has 0 heterocycles. The zero-order valence-corrected chi connectivity index (χ0v) is 15.4. The van der Waals surface area contributed by atoms with Crippen LogP contribution >= 0.6 is 0 Å². The number of fused-ring (bicyclic) bond motifs is 1. The third kappa shape index (κ3) is 3.75. The summed E-state index contributed by atoms with van der Waals surface area (Å²) in [5, 5.41) is 2.34. The van der Waals surface area contributed by atoms with Crippen LogP contribution < -0.4 is 4.74 Å². The zero-order chi connectivity index (χ0) is 18.8. The number of carbonyl (C=O) groups is 1. The molecule has 2 nitrogen and oxygen atoms in total. The Bertz CT molecular complexity index is 1110. The highest BCUT2D eigenvalue weighted by molar-refractivity contribution is 6.09. The molecule has 4 aromatic carbocycles. The zero-order valence-electron chi connectivity index (χ0n) is 15.4. The van der Waals surface area contributed by atoms with E-state index >= 15 is 0 Å². The molecular weight excluding hydrogens is 332 g/mol. The molecule has 0 bridgehead atoms. The van der Waals surface area contributed by atoms with Gasteiger partial charge in [-0.1, -0.05) is 59.7 Å². The number of ether oxygens (including phenoxy) is 1. The number of rotatable bonds is 4. The molecule has 132 valence electrons. The Labute approximate surface area is 159 Å². The molecule has 27 heavy (non-hydrogen) atoms.